The molecule has 1 saturated carbocycles. The van der Waals surface area contributed by atoms with E-state index >= 15 is 0 Å². The van der Waals surface area contributed by atoms with Gasteiger partial charge in [0.05, 0.1) is 16.6 Å². The fourth-order valence-electron chi connectivity index (χ4n) is 16.1. The zero-order chi connectivity index (χ0) is 48.4. The van der Waals surface area contributed by atoms with Crippen LogP contribution in [0.3, 0.4) is 0 Å². The van der Waals surface area contributed by atoms with Gasteiger partial charge in [0.1, 0.15) is 0 Å². The Hall–Kier alpha value is -8.92. The van der Waals surface area contributed by atoms with Gasteiger partial charge in [-0.25, -0.2) is 0 Å². The summed E-state index contributed by atoms with van der Waals surface area (Å²) in [6.45, 7) is 0.000625. The lowest BCUT2D eigenvalue weighted by molar-refractivity contribution is 0.444. The molecule has 0 atom stereocenters. The molecule has 2 aliphatic heterocycles. The fraction of sp³-hybridized carbons (Fsp3) is 0.0833. The van der Waals surface area contributed by atoms with Crippen molar-refractivity contribution in [2.45, 2.75) is 38.0 Å². The zero-order valence-corrected chi connectivity index (χ0v) is 41.2. The van der Waals surface area contributed by atoms with E-state index in [0.29, 0.717) is 5.92 Å². The number of hydrogen-bond donors (Lipinski definition) is 0. The van der Waals surface area contributed by atoms with Gasteiger partial charge in [0.15, 0.2) is 0 Å². The first-order valence-electron chi connectivity index (χ1n) is 27.3. The summed E-state index contributed by atoms with van der Waals surface area (Å²) in [6, 6.07) is 80.2. The van der Waals surface area contributed by atoms with Crippen molar-refractivity contribution in [2.24, 2.45) is 0 Å². The topological polar surface area (TPSA) is 9.86 Å². The van der Waals surface area contributed by atoms with Crippen molar-refractivity contribution in [3.63, 3.8) is 0 Å². The van der Waals surface area contributed by atoms with Crippen molar-refractivity contribution < 1.29 is 0 Å². The van der Waals surface area contributed by atoms with E-state index in [1.165, 1.54) is 206 Å². The van der Waals surface area contributed by atoms with Crippen molar-refractivity contribution in [3.8, 4) is 11.4 Å². The summed E-state index contributed by atoms with van der Waals surface area (Å²) in [6.07, 6.45) is 6.42. The summed E-state index contributed by atoms with van der Waals surface area (Å²) in [5, 5.41) is 29.2. The number of rotatable bonds is 1. The molecule has 0 N–H and O–H groups in total. The van der Waals surface area contributed by atoms with Crippen LogP contribution in [0.25, 0.3) is 152 Å². The van der Waals surface area contributed by atoms with E-state index < -0.39 is 0 Å². The summed E-state index contributed by atoms with van der Waals surface area (Å²) in [5.41, 5.74) is 13.7. The lowest BCUT2D eigenvalue weighted by Gasteiger charge is -2.34. The smallest absolute Gasteiger partial charge is 0.252 e. The molecular formula is C72H45BN2. The standard InChI is InChI=1S/C72H45BN2/c1-2-17-40(18-3-1)41-37-58-56-34-33-55-49-26-8-5-20-43(49)47-24-12-15-30-53(47)66(55)71(56)75-63-32-16-31-62-69(63)73(59(38-41)70(58)75)60-39-57-50-27-9-6-21-44(50)46-23-11-14-29-52(46)65(57)68-67-61(74(62)72(60)68)36-35-54-48-25-7-4-19-42(48)45-22-10-13-28-51(45)64(54)67/h4-16,19-40H,1-3,17-18H2. The van der Waals surface area contributed by atoms with Gasteiger partial charge in [0, 0.05) is 54.6 Å². The van der Waals surface area contributed by atoms with Gasteiger partial charge in [-0.15, -0.1) is 0 Å². The second-order valence-corrected chi connectivity index (χ2v) is 22.3. The third kappa shape index (κ3) is 4.77. The number of fused-ring (bicyclic) bond motifs is 31. The Balaban J connectivity index is 1.08. The van der Waals surface area contributed by atoms with E-state index in [9.17, 15) is 0 Å². The molecule has 1 fully saturated rings. The van der Waals surface area contributed by atoms with Gasteiger partial charge >= 0.3 is 0 Å². The quantitative estimate of drug-likeness (QED) is 0.115. The first-order valence-corrected chi connectivity index (χ1v) is 27.3. The number of nitrogens with zero attached hydrogens (tertiary/aromatic N) is 2. The lowest BCUT2D eigenvalue weighted by atomic mass is 9.34. The molecule has 19 rings (SSSR count). The normalized spacial score (nSPS) is 14.6. The molecule has 0 amide bonds. The summed E-state index contributed by atoms with van der Waals surface area (Å²) in [5.74, 6) is 0.538. The second-order valence-electron chi connectivity index (χ2n) is 22.3. The molecule has 2 nitrogen and oxygen atoms in total. The van der Waals surface area contributed by atoms with E-state index in [-0.39, 0.29) is 6.71 Å². The van der Waals surface area contributed by atoms with Crippen LogP contribution >= 0.6 is 0 Å². The average molecular weight is 949 g/mol. The molecule has 2 aromatic heterocycles. The zero-order valence-electron chi connectivity index (χ0n) is 41.2. The molecule has 3 aliphatic rings. The molecule has 14 aromatic carbocycles. The minimum Gasteiger partial charge on any atom is -0.310 e. The molecule has 4 heterocycles. The van der Waals surface area contributed by atoms with Crippen LogP contribution in [0.15, 0.2) is 206 Å². The van der Waals surface area contributed by atoms with Crippen molar-refractivity contribution in [2.75, 3.05) is 0 Å². The van der Waals surface area contributed by atoms with Crippen LogP contribution in [0, 0.1) is 0 Å². The summed E-state index contributed by atoms with van der Waals surface area (Å²) in [4.78, 5) is 0. The highest BCUT2D eigenvalue weighted by Crippen LogP contribution is 2.51. The van der Waals surface area contributed by atoms with E-state index in [4.69, 9.17) is 0 Å². The second kappa shape index (κ2) is 14.0. The summed E-state index contributed by atoms with van der Waals surface area (Å²) >= 11 is 0. The van der Waals surface area contributed by atoms with Gasteiger partial charge in [0.25, 0.3) is 6.71 Å². The van der Waals surface area contributed by atoms with E-state index in [1.54, 1.807) is 0 Å². The third-order valence-corrected chi connectivity index (χ3v) is 18.9. The monoisotopic (exact) mass is 948 g/mol. The van der Waals surface area contributed by atoms with Gasteiger partial charge in [0.2, 0.25) is 0 Å². The predicted molar refractivity (Wildman–Crippen MR) is 323 cm³/mol. The molecule has 0 saturated heterocycles. The maximum atomic E-state index is 2.75. The van der Waals surface area contributed by atoms with Crippen molar-refractivity contribution in [3.05, 3.63) is 212 Å². The number of aromatic nitrogens is 2. The molecule has 0 radical (unpaired) electrons. The summed E-state index contributed by atoms with van der Waals surface area (Å²) < 4.78 is 5.47. The minimum absolute atomic E-state index is 0.000625. The lowest BCUT2D eigenvalue weighted by Crippen LogP contribution is -2.59. The van der Waals surface area contributed by atoms with E-state index in [2.05, 4.69) is 215 Å². The largest absolute Gasteiger partial charge is 0.310 e. The average Bonchev–Trinajstić information content (AvgIpc) is 4.11. The van der Waals surface area contributed by atoms with Gasteiger partial charge in [-0.2, -0.15) is 0 Å². The molecular weight excluding hydrogens is 904 g/mol. The van der Waals surface area contributed by atoms with Crippen LogP contribution < -0.4 is 16.4 Å². The highest BCUT2D eigenvalue weighted by molar-refractivity contribution is 7.00. The van der Waals surface area contributed by atoms with Gasteiger partial charge < -0.3 is 9.13 Å². The van der Waals surface area contributed by atoms with Gasteiger partial charge in [-0.05, 0) is 146 Å². The first kappa shape index (κ1) is 39.6. The molecule has 3 heteroatoms. The number of benzene rings is 14. The maximum Gasteiger partial charge on any atom is 0.252 e. The molecule has 16 aromatic rings. The van der Waals surface area contributed by atoms with Gasteiger partial charge in [-0.3, -0.25) is 0 Å². The summed E-state index contributed by atoms with van der Waals surface area (Å²) in [7, 11) is 0. The Bertz CT molecular complexity index is 5280. The Morgan fingerprint density at radius 2 is 0.733 bits per heavy atom. The van der Waals surface area contributed by atoms with Crippen LogP contribution in [0.1, 0.15) is 43.6 Å². The van der Waals surface area contributed by atoms with Crippen molar-refractivity contribution in [1.82, 2.24) is 9.13 Å². The predicted octanol–water partition coefficient (Wildman–Crippen LogP) is 17.5. The highest BCUT2D eigenvalue weighted by atomic mass is 15.0. The Morgan fingerprint density at radius 3 is 1.32 bits per heavy atom. The van der Waals surface area contributed by atoms with Crippen LogP contribution in [-0.2, 0) is 0 Å². The third-order valence-electron chi connectivity index (χ3n) is 18.9. The Kier molecular flexibility index (Phi) is 7.40. The van der Waals surface area contributed by atoms with E-state index in [1.807, 2.05) is 0 Å². The maximum absolute atomic E-state index is 2.75. The fourth-order valence-corrected chi connectivity index (χ4v) is 16.1. The van der Waals surface area contributed by atoms with Crippen LogP contribution in [0.4, 0.5) is 0 Å². The molecule has 1 aliphatic carbocycles. The SMILES string of the molecule is c1cc2c3c(c1)-n1c4c(cc(C5CCCCC5)cc4c4ccc5c6ccccc6c6ccccc6c5c41)B3c1cc3c4ccccc4c4ccccc4c3c3c4c5c6ccccc6c6ccccc6c5ccc4n-2c13. The van der Waals surface area contributed by atoms with E-state index in [0.717, 1.165) is 0 Å². The Labute approximate surface area is 431 Å². The molecule has 75 heavy (non-hydrogen) atoms. The van der Waals surface area contributed by atoms with Crippen LogP contribution in [-0.4, -0.2) is 15.8 Å². The molecule has 0 spiro atoms. The molecule has 0 unspecified atom stereocenters. The Morgan fingerprint density at radius 1 is 0.293 bits per heavy atom. The minimum atomic E-state index is 0.000625. The van der Waals surface area contributed by atoms with Crippen molar-refractivity contribution in [1.29, 1.82) is 0 Å². The first-order chi connectivity index (χ1) is 37.3. The van der Waals surface area contributed by atoms with Gasteiger partial charge in [-0.1, -0.05) is 201 Å². The van der Waals surface area contributed by atoms with Crippen LogP contribution in [0.2, 0.25) is 0 Å². The molecule has 346 valence electrons. The van der Waals surface area contributed by atoms with Crippen LogP contribution in [0.5, 0.6) is 0 Å². The number of hydrogen-bond acceptors (Lipinski definition) is 0. The van der Waals surface area contributed by atoms with Crippen molar-refractivity contribution >= 4 is 164 Å². The molecule has 0 bridgehead atoms. The highest BCUT2D eigenvalue weighted by Gasteiger charge is 2.43.